The van der Waals surface area contributed by atoms with E-state index >= 15 is 0 Å². The van der Waals surface area contributed by atoms with Crippen molar-refractivity contribution in [1.82, 2.24) is 4.72 Å². The van der Waals surface area contributed by atoms with E-state index in [0.717, 1.165) is 0 Å². The number of benzene rings is 1. The quantitative estimate of drug-likeness (QED) is 0.612. The average molecular weight is 369 g/mol. The number of nitrogens with one attached hydrogen (secondary N) is 3. The van der Waals surface area contributed by atoms with Crippen LogP contribution >= 0.6 is 0 Å². The highest BCUT2D eigenvalue weighted by atomic mass is 32.2. The number of hydrogen-bond acceptors (Lipinski definition) is 4. The predicted molar refractivity (Wildman–Crippen MR) is 99.9 cm³/mol. The summed E-state index contributed by atoms with van der Waals surface area (Å²) in [7, 11) is -3.35. The van der Waals surface area contributed by atoms with Crippen molar-refractivity contribution >= 4 is 33.2 Å². The smallest absolute Gasteiger partial charge is 0.224 e. The summed E-state index contributed by atoms with van der Waals surface area (Å²) in [6.45, 7) is 6.64. The lowest BCUT2D eigenvalue weighted by molar-refractivity contribution is -0.116. The molecule has 140 valence electrons. The fourth-order valence-corrected chi connectivity index (χ4v) is 2.78. The molecule has 0 radical (unpaired) electrons. The Morgan fingerprint density at radius 1 is 1.04 bits per heavy atom. The van der Waals surface area contributed by atoms with Gasteiger partial charge in [0.1, 0.15) is 0 Å². The summed E-state index contributed by atoms with van der Waals surface area (Å²) >= 11 is 0. The standard InChI is InChI=1S/C17H27N3O4S/c1-13(21)19-14-8-7-9-15(12-14)20-16(22)10-5-6-11-18-25(23,24)17(2,3)4/h7-9,12,18H,5-6,10-11H2,1-4H3,(H,19,21)(H,20,22). The zero-order valence-corrected chi connectivity index (χ0v) is 16.0. The number of sulfonamides is 1. The van der Waals surface area contributed by atoms with Crippen molar-refractivity contribution in [2.75, 3.05) is 17.2 Å². The van der Waals surface area contributed by atoms with Gasteiger partial charge < -0.3 is 10.6 Å². The van der Waals surface area contributed by atoms with Crippen LogP contribution in [-0.2, 0) is 19.6 Å². The van der Waals surface area contributed by atoms with Gasteiger partial charge in [0.15, 0.2) is 0 Å². The maximum absolute atomic E-state index is 11.9. The van der Waals surface area contributed by atoms with Crippen LogP contribution in [0.15, 0.2) is 24.3 Å². The van der Waals surface area contributed by atoms with Crippen molar-refractivity contribution in [2.24, 2.45) is 0 Å². The molecule has 0 atom stereocenters. The summed E-state index contributed by atoms with van der Waals surface area (Å²) < 4.78 is 25.5. The summed E-state index contributed by atoms with van der Waals surface area (Å²) in [5.41, 5.74) is 1.21. The molecule has 0 saturated heterocycles. The van der Waals surface area contributed by atoms with Crippen LogP contribution in [0.3, 0.4) is 0 Å². The van der Waals surface area contributed by atoms with Gasteiger partial charge >= 0.3 is 0 Å². The van der Waals surface area contributed by atoms with E-state index in [1.165, 1.54) is 6.92 Å². The minimum Gasteiger partial charge on any atom is -0.326 e. The number of unbranched alkanes of at least 4 members (excludes halogenated alkanes) is 1. The van der Waals surface area contributed by atoms with E-state index in [1.54, 1.807) is 45.0 Å². The number of amides is 2. The van der Waals surface area contributed by atoms with Gasteiger partial charge in [-0.3, -0.25) is 9.59 Å². The Hall–Kier alpha value is -1.93. The van der Waals surface area contributed by atoms with Crippen LogP contribution < -0.4 is 15.4 Å². The molecule has 0 aliphatic heterocycles. The number of hydrogen-bond donors (Lipinski definition) is 3. The SMILES string of the molecule is CC(=O)Nc1cccc(NC(=O)CCCCNS(=O)(=O)C(C)(C)C)c1. The van der Waals surface area contributed by atoms with Gasteiger partial charge in [0.25, 0.3) is 0 Å². The van der Waals surface area contributed by atoms with E-state index in [-0.39, 0.29) is 11.8 Å². The van der Waals surface area contributed by atoms with Gasteiger partial charge in [-0.1, -0.05) is 6.07 Å². The highest BCUT2D eigenvalue weighted by molar-refractivity contribution is 7.90. The molecule has 7 nitrogen and oxygen atoms in total. The third-order valence-electron chi connectivity index (χ3n) is 3.40. The van der Waals surface area contributed by atoms with E-state index in [4.69, 9.17) is 0 Å². The molecule has 0 spiro atoms. The lowest BCUT2D eigenvalue weighted by atomic mass is 10.2. The Morgan fingerprint density at radius 2 is 1.64 bits per heavy atom. The first-order valence-corrected chi connectivity index (χ1v) is 9.66. The van der Waals surface area contributed by atoms with Gasteiger partial charge in [0.05, 0.1) is 4.75 Å². The minimum atomic E-state index is -3.35. The molecule has 1 rings (SSSR count). The van der Waals surface area contributed by atoms with Gasteiger partial charge in [0, 0.05) is 31.3 Å². The van der Waals surface area contributed by atoms with Gasteiger partial charge in [-0.15, -0.1) is 0 Å². The van der Waals surface area contributed by atoms with Gasteiger partial charge in [0.2, 0.25) is 21.8 Å². The Labute approximate surface area is 149 Å². The number of rotatable bonds is 8. The van der Waals surface area contributed by atoms with Crippen LogP contribution in [0.25, 0.3) is 0 Å². The largest absolute Gasteiger partial charge is 0.326 e. The molecular weight excluding hydrogens is 342 g/mol. The highest BCUT2D eigenvalue weighted by Gasteiger charge is 2.27. The minimum absolute atomic E-state index is 0.154. The lowest BCUT2D eigenvalue weighted by Gasteiger charge is -2.19. The molecule has 0 bridgehead atoms. The molecule has 0 aliphatic carbocycles. The topological polar surface area (TPSA) is 104 Å². The first kappa shape index (κ1) is 21.1. The number of carbonyl (C=O) groups excluding carboxylic acids is 2. The maximum atomic E-state index is 11.9. The fourth-order valence-electron chi connectivity index (χ4n) is 1.94. The molecule has 1 aromatic carbocycles. The molecule has 0 unspecified atom stereocenters. The Kier molecular flexibility index (Phi) is 7.57. The molecule has 0 saturated carbocycles. The lowest BCUT2D eigenvalue weighted by Crippen LogP contribution is -2.39. The van der Waals surface area contributed by atoms with Crippen LogP contribution in [0.1, 0.15) is 47.0 Å². The summed E-state index contributed by atoms with van der Waals surface area (Å²) in [6, 6.07) is 6.89. The molecule has 3 N–H and O–H groups in total. The Balaban J connectivity index is 2.35. The van der Waals surface area contributed by atoms with E-state index in [2.05, 4.69) is 15.4 Å². The van der Waals surface area contributed by atoms with Crippen LogP contribution in [0.4, 0.5) is 11.4 Å². The molecule has 8 heteroatoms. The third-order valence-corrected chi connectivity index (χ3v) is 5.59. The fraction of sp³-hybridized carbons (Fsp3) is 0.529. The van der Waals surface area contributed by atoms with Crippen LogP contribution in [0, 0.1) is 0 Å². The van der Waals surface area contributed by atoms with E-state index < -0.39 is 14.8 Å². The van der Waals surface area contributed by atoms with Crippen molar-refractivity contribution < 1.29 is 18.0 Å². The zero-order chi connectivity index (χ0) is 19.1. The van der Waals surface area contributed by atoms with Crippen molar-refractivity contribution in [3.05, 3.63) is 24.3 Å². The second kappa shape index (κ2) is 8.96. The molecule has 0 fully saturated rings. The van der Waals surface area contributed by atoms with Crippen LogP contribution in [-0.4, -0.2) is 31.5 Å². The molecule has 1 aromatic rings. The summed E-state index contributed by atoms with van der Waals surface area (Å²) in [4.78, 5) is 23.0. The maximum Gasteiger partial charge on any atom is 0.224 e. The molecular formula is C17H27N3O4S. The molecule has 2 amide bonds. The monoisotopic (exact) mass is 369 g/mol. The van der Waals surface area contributed by atoms with Crippen LogP contribution in [0.2, 0.25) is 0 Å². The normalized spacial score (nSPS) is 11.8. The molecule has 0 aromatic heterocycles. The van der Waals surface area contributed by atoms with E-state index in [0.29, 0.717) is 37.2 Å². The van der Waals surface area contributed by atoms with Crippen LogP contribution in [0.5, 0.6) is 0 Å². The van der Waals surface area contributed by atoms with Crippen molar-refractivity contribution in [3.8, 4) is 0 Å². The second-order valence-electron chi connectivity index (χ2n) is 6.78. The van der Waals surface area contributed by atoms with E-state index in [9.17, 15) is 18.0 Å². The number of carbonyl (C=O) groups is 2. The zero-order valence-electron chi connectivity index (χ0n) is 15.2. The summed E-state index contributed by atoms with van der Waals surface area (Å²) in [6.07, 6.45) is 1.44. The van der Waals surface area contributed by atoms with Gasteiger partial charge in [-0.25, -0.2) is 13.1 Å². The van der Waals surface area contributed by atoms with Gasteiger partial charge in [-0.2, -0.15) is 0 Å². The van der Waals surface area contributed by atoms with Crippen molar-refractivity contribution in [3.63, 3.8) is 0 Å². The van der Waals surface area contributed by atoms with Crippen molar-refractivity contribution in [2.45, 2.75) is 51.7 Å². The van der Waals surface area contributed by atoms with Crippen molar-refractivity contribution in [1.29, 1.82) is 0 Å². The molecule has 0 heterocycles. The second-order valence-corrected chi connectivity index (χ2v) is 9.30. The highest BCUT2D eigenvalue weighted by Crippen LogP contribution is 2.16. The first-order valence-electron chi connectivity index (χ1n) is 8.18. The predicted octanol–water partition coefficient (Wildman–Crippen LogP) is 2.47. The number of anilines is 2. The Morgan fingerprint density at radius 3 is 2.20 bits per heavy atom. The molecule has 0 aliphatic rings. The summed E-state index contributed by atoms with van der Waals surface area (Å²) in [5.74, 6) is -0.333. The average Bonchev–Trinajstić information content (AvgIpc) is 2.45. The summed E-state index contributed by atoms with van der Waals surface area (Å²) in [5, 5.41) is 5.41. The molecule has 25 heavy (non-hydrogen) atoms. The Bertz CT molecular complexity index is 709. The first-order chi connectivity index (χ1) is 11.5. The van der Waals surface area contributed by atoms with Gasteiger partial charge in [-0.05, 0) is 51.8 Å². The van der Waals surface area contributed by atoms with E-state index in [1.807, 2.05) is 0 Å². The third kappa shape index (κ3) is 7.66.